The smallest absolute Gasteiger partial charge is 0.463 e. The molecule has 16 nitrogen and oxygen atoms in total. The third-order valence-electron chi connectivity index (χ3n) is 13.2. The van der Waals surface area contributed by atoms with Crippen LogP contribution in [-0.2, 0) is 55.8 Å². The second-order valence-corrected chi connectivity index (χ2v) is 24.1. The summed E-state index contributed by atoms with van der Waals surface area (Å²) in [6.45, 7) is 2.56. The SMILES string of the molecule is CCCC/C=C\CCCCCCCC(=O)OC(COC(=O)CCCCCCC/C=C\CCCCCCCC)COP(=O)(O)OCC(O)COP(=O)(O)OCC(O)COC(=O)CCCCCCCC/C=C\C/C=C\C/C=C\CCCCC. The summed E-state index contributed by atoms with van der Waals surface area (Å²) in [6, 6.07) is 0. The average Bonchev–Trinajstić information content (AvgIpc) is 3.45. The van der Waals surface area contributed by atoms with Crippen LogP contribution in [0.5, 0.6) is 0 Å². The molecule has 0 heterocycles. The van der Waals surface area contributed by atoms with Crippen LogP contribution in [0.1, 0.15) is 265 Å². The molecule has 4 N–H and O–H groups in total. The Labute approximate surface area is 490 Å². The normalized spacial score (nSPS) is 14.8. The minimum Gasteiger partial charge on any atom is -0.463 e. The molecule has 0 aliphatic rings. The number of carbonyl (C=O) groups is 3. The maximum Gasteiger partial charge on any atom is 0.472 e. The zero-order valence-corrected chi connectivity index (χ0v) is 52.5. The van der Waals surface area contributed by atoms with Gasteiger partial charge in [0, 0.05) is 19.3 Å². The second kappa shape index (κ2) is 57.7. The van der Waals surface area contributed by atoms with Gasteiger partial charge < -0.3 is 34.2 Å². The Balaban J connectivity index is 4.61. The molecule has 5 unspecified atom stereocenters. The predicted molar refractivity (Wildman–Crippen MR) is 325 cm³/mol. The van der Waals surface area contributed by atoms with E-state index < -0.39 is 91.5 Å². The van der Waals surface area contributed by atoms with E-state index in [0.29, 0.717) is 19.3 Å². The Morgan fingerprint density at radius 3 is 1.05 bits per heavy atom. The Kier molecular flexibility index (Phi) is 55.7. The molecule has 5 atom stereocenters. The van der Waals surface area contributed by atoms with Gasteiger partial charge >= 0.3 is 33.6 Å². The monoisotopic (exact) mass is 1190 g/mol. The van der Waals surface area contributed by atoms with Gasteiger partial charge in [-0.1, -0.05) is 204 Å². The molecule has 0 bridgehead atoms. The number of phosphoric ester groups is 2. The van der Waals surface area contributed by atoms with Crippen molar-refractivity contribution in [3.05, 3.63) is 60.8 Å². The van der Waals surface area contributed by atoms with E-state index in [1.807, 2.05) is 0 Å². The summed E-state index contributed by atoms with van der Waals surface area (Å²) < 4.78 is 60.6. The summed E-state index contributed by atoms with van der Waals surface area (Å²) in [7, 11) is -9.76. The van der Waals surface area contributed by atoms with Crippen LogP contribution in [0.4, 0.5) is 0 Å². The first kappa shape index (κ1) is 78.2. The van der Waals surface area contributed by atoms with Gasteiger partial charge in [-0.25, -0.2) is 9.13 Å². The number of phosphoric acid groups is 2. The van der Waals surface area contributed by atoms with Gasteiger partial charge in [0.05, 0.1) is 26.4 Å². The number of allylic oxidation sites excluding steroid dienone is 10. The molecule has 0 spiro atoms. The maximum atomic E-state index is 12.8. The first-order valence-electron chi connectivity index (χ1n) is 31.6. The Morgan fingerprint density at radius 1 is 0.346 bits per heavy atom. The van der Waals surface area contributed by atoms with Crippen molar-refractivity contribution < 1.29 is 75.8 Å². The summed E-state index contributed by atoms with van der Waals surface area (Å²) in [5.74, 6) is -1.60. The number of rotatable bonds is 60. The number of esters is 3. The van der Waals surface area contributed by atoms with Crippen LogP contribution < -0.4 is 0 Å². The fourth-order valence-corrected chi connectivity index (χ4v) is 9.84. The van der Waals surface area contributed by atoms with Crippen molar-refractivity contribution in [2.45, 2.75) is 283 Å². The van der Waals surface area contributed by atoms with Crippen molar-refractivity contribution in [2.24, 2.45) is 0 Å². The molecule has 0 aliphatic carbocycles. The lowest BCUT2D eigenvalue weighted by Gasteiger charge is -2.21. The number of hydrogen-bond donors (Lipinski definition) is 4. The van der Waals surface area contributed by atoms with E-state index in [9.17, 15) is 43.5 Å². The Hall–Kier alpha value is -2.75. The molecule has 18 heteroatoms. The van der Waals surface area contributed by atoms with Crippen LogP contribution in [0.15, 0.2) is 60.8 Å². The van der Waals surface area contributed by atoms with Crippen molar-refractivity contribution in [1.29, 1.82) is 0 Å². The van der Waals surface area contributed by atoms with E-state index in [-0.39, 0.29) is 19.3 Å². The number of unbranched alkanes of at least 4 members (excludes halogenated alkanes) is 27. The molecule has 0 aromatic heterocycles. The van der Waals surface area contributed by atoms with Gasteiger partial charge in [0.2, 0.25) is 0 Å². The number of ether oxygens (including phenoxy) is 3. The molecule has 0 rings (SSSR count). The standard InChI is InChI=1S/C63H114O16P2/c1-4-7-10-13-16-19-22-24-26-27-28-29-31-33-35-37-40-43-46-49-61(66)73-52-58(64)53-75-80(69,70)76-54-59(65)55-77-81(71,72)78-57-60(79-63(68)51-48-45-42-39-34-21-18-15-12-9-6-3)56-74-62(67)50-47-44-41-38-36-32-30-25-23-20-17-14-11-8-5-2/h15-16,18-19,24-26,28-30,58-60,64-65H,4-14,17,20-23,27,31-57H2,1-3H3,(H,69,70)(H,71,72)/b18-15-,19-16-,26-24-,29-28-,30-25-. The Bertz CT molecular complexity index is 1730. The lowest BCUT2D eigenvalue weighted by atomic mass is 10.1. The topological polar surface area (TPSA) is 231 Å². The quantitative estimate of drug-likeness (QED) is 0.0146. The first-order chi connectivity index (χ1) is 39.2. The molecule has 0 aromatic carbocycles. The number of aliphatic hydroxyl groups is 2. The maximum absolute atomic E-state index is 12.8. The highest BCUT2D eigenvalue weighted by Crippen LogP contribution is 2.45. The molecular formula is C63H114O16P2. The van der Waals surface area contributed by atoms with Crippen LogP contribution in [-0.4, -0.2) is 95.9 Å². The van der Waals surface area contributed by atoms with E-state index in [2.05, 4.69) is 81.5 Å². The summed E-state index contributed by atoms with van der Waals surface area (Å²) in [5.41, 5.74) is 0. The lowest BCUT2D eigenvalue weighted by molar-refractivity contribution is -0.161. The van der Waals surface area contributed by atoms with Gasteiger partial charge in [-0.2, -0.15) is 0 Å². The van der Waals surface area contributed by atoms with Crippen LogP contribution in [0, 0.1) is 0 Å². The fourth-order valence-electron chi connectivity index (χ4n) is 8.26. The van der Waals surface area contributed by atoms with Gasteiger partial charge in [0.1, 0.15) is 25.4 Å². The highest BCUT2D eigenvalue weighted by Gasteiger charge is 2.29. The first-order valence-corrected chi connectivity index (χ1v) is 34.6. The Morgan fingerprint density at radius 2 is 0.630 bits per heavy atom. The molecule has 0 fully saturated rings. The van der Waals surface area contributed by atoms with Crippen molar-refractivity contribution in [1.82, 2.24) is 0 Å². The summed E-state index contributed by atoms with van der Waals surface area (Å²) >= 11 is 0. The molecule has 0 aromatic rings. The van der Waals surface area contributed by atoms with Crippen molar-refractivity contribution in [3.63, 3.8) is 0 Å². The third kappa shape index (κ3) is 58.8. The average molecular weight is 1190 g/mol. The highest BCUT2D eigenvalue weighted by atomic mass is 31.2. The minimum absolute atomic E-state index is 0.0944. The molecule has 0 amide bonds. The summed E-state index contributed by atoms with van der Waals surface area (Å²) in [4.78, 5) is 58.1. The van der Waals surface area contributed by atoms with E-state index >= 15 is 0 Å². The highest BCUT2D eigenvalue weighted by molar-refractivity contribution is 7.47. The van der Waals surface area contributed by atoms with Gasteiger partial charge in [0.25, 0.3) is 0 Å². The third-order valence-corrected chi connectivity index (χ3v) is 15.1. The van der Waals surface area contributed by atoms with Crippen LogP contribution >= 0.6 is 15.6 Å². The lowest BCUT2D eigenvalue weighted by Crippen LogP contribution is -2.30. The molecule has 0 aliphatic heterocycles. The zero-order valence-electron chi connectivity index (χ0n) is 50.7. The molecule has 0 radical (unpaired) electrons. The predicted octanol–water partition coefficient (Wildman–Crippen LogP) is 16.6. The number of carbonyl (C=O) groups excluding carboxylic acids is 3. The van der Waals surface area contributed by atoms with Gasteiger partial charge in [0.15, 0.2) is 6.10 Å². The zero-order chi connectivity index (χ0) is 59.6. The van der Waals surface area contributed by atoms with E-state index in [0.717, 1.165) is 128 Å². The van der Waals surface area contributed by atoms with Crippen molar-refractivity contribution in [3.8, 4) is 0 Å². The van der Waals surface area contributed by atoms with Gasteiger partial charge in [-0.05, 0) is 103 Å². The second-order valence-electron chi connectivity index (χ2n) is 21.2. The minimum atomic E-state index is -4.92. The summed E-state index contributed by atoms with van der Waals surface area (Å²) in [5, 5.41) is 20.5. The van der Waals surface area contributed by atoms with Gasteiger partial charge in [-0.15, -0.1) is 0 Å². The van der Waals surface area contributed by atoms with E-state index in [4.69, 9.17) is 32.3 Å². The van der Waals surface area contributed by atoms with Crippen LogP contribution in [0.3, 0.4) is 0 Å². The van der Waals surface area contributed by atoms with Crippen LogP contribution in [0.25, 0.3) is 0 Å². The number of hydrogen-bond acceptors (Lipinski definition) is 14. The number of aliphatic hydroxyl groups excluding tert-OH is 2. The summed E-state index contributed by atoms with van der Waals surface area (Å²) in [6.07, 6.45) is 55.7. The molecule has 81 heavy (non-hydrogen) atoms. The van der Waals surface area contributed by atoms with Crippen molar-refractivity contribution >= 4 is 33.6 Å². The van der Waals surface area contributed by atoms with Crippen molar-refractivity contribution in [2.75, 3.05) is 39.6 Å². The molecular weight excluding hydrogens is 1070 g/mol. The van der Waals surface area contributed by atoms with Crippen LogP contribution in [0.2, 0.25) is 0 Å². The van der Waals surface area contributed by atoms with E-state index in [1.54, 1.807) is 0 Å². The van der Waals surface area contributed by atoms with E-state index in [1.165, 1.54) is 77.0 Å². The molecule has 472 valence electrons. The molecule has 0 saturated carbocycles. The fraction of sp³-hybridized carbons (Fsp3) is 0.794. The largest absolute Gasteiger partial charge is 0.472 e. The van der Waals surface area contributed by atoms with Gasteiger partial charge in [-0.3, -0.25) is 32.5 Å². The molecule has 0 saturated heterocycles.